The normalized spacial score (nSPS) is 30.2. The van der Waals surface area contributed by atoms with Gasteiger partial charge in [0.05, 0.1) is 20.3 Å². The number of amides is 1. The van der Waals surface area contributed by atoms with Gasteiger partial charge in [-0.2, -0.15) is 28.6 Å². The number of hydrogen-bond donors (Lipinski definition) is 8. The van der Waals surface area contributed by atoms with E-state index in [1.165, 1.54) is 34.4 Å². The van der Waals surface area contributed by atoms with Crippen LogP contribution in [0.4, 0.5) is 4.79 Å². The number of nitrogens with zero attached hydrogens (tertiary/aromatic N) is 1. The smallest absolute Gasteiger partial charge is 0.407 e. The van der Waals surface area contributed by atoms with Crippen molar-refractivity contribution >= 4 is 29.6 Å². The average molecular weight is 771 g/mol. The lowest BCUT2D eigenvalue weighted by Crippen LogP contribution is -2.66. The first-order chi connectivity index (χ1) is 25.2. The summed E-state index contributed by atoms with van der Waals surface area (Å²) < 4.78 is 22.4. The molecule has 17 heteroatoms. The van der Waals surface area contributed by atoms with Crippen molar-refractivity contribution < 1.29 is 64.3 Å². The minimum atomic E-state index is -1.74. The zero-order valence-corrected chi connectivity index (χ0v) is 30.5. The van der Waals surface area contributed by atoms with Crippen LogP contribution in [0.25, 0.3) is 11.1 Å². The molecule has 0 radical (unpaired) electrons. The number of thioether (sulfide) groups is 2. The number of rotatable bonds is 18. The number of benzene rings is 2. The average Bonchev–Trinajstić information content (AvgIpc) is 3.48. The van der Waals surface area contributed by atoms with Gasteiger partial charge < -0.3 is 60.0 Å². The predicted molar refractivity (Wildman–Crippen MR) is 192 cm³/mol. The number of aliphatic hydroxyl groups is 7. The Morgan fingerprint density at radius 3 is 2.06 bits per heavy atom. The van der Waals surface area contributed by atoms with Gasteiger partial charge >= 0.3 is 6.09 Å². The minimum Gasteiger partial charge on any atom is -0.449 e. The molecule has 2 fully saturated rings. The number of aliphatic hydroxyl groups excluding tert-OH is 7. The van der Waals surface area contributed by atoms with Crippen LogP contribution in [-0.2, 0) is 23.8 Å². The Morgan fingerprint density at radius 2 is 1.42 bits per heavy atom. The van der Waals surface area contributed by atoms with Crippen molar-refractivity contribution in [1.29, 1.82) is 0 Å². The van der Waals surface area contributed by atoms with E-state index in [4.69, 9.17) is 23.8 Å². The van der Waals surface area contributed by atoms with Crippen molar-refractivity contribution in [2.45, 2.75) is 73.7 Å². The maximum atomic E-state index is 12.4. The van der Waals surface area contributed by atoms with Gasteiger partial charge in [0.25, 0.3) is 0 Å². The first-order valence-electron chi connectivity index (χ1n) is 17.3. The van der Waals surface area contributed by atoms with E-state index in [-0.39, 0.29) is 12.5 Å². The molecule has 1 amide bonds. The summed E-state index contributed by atoms with van der Waals surface area (Å²) in [7, 11) is 1.40. The monoisotopic (exact) mass is 770 g/mol. The minimum absolute atomic E-state index is 0.0184. The van der Waals surface area contributed by atoms with Crippen molar-refractivity contribution in [2.24, 2.45) is 0 Å². The molecule has 3 aliphatic rings. The third-order valence-corrected chi connectivity index (χ3v) is 11.7. The molecular weight excluding hydrogens is 721 g/mol. The van der Waals surface area contributed by atoms with Gasteiger partial charge in [-0.05, 0) is 34.4 Å². The highest BCUT2D eigenvalue weighted by Gasteiger charge is 2.51. The van der Waals surface area contributed by atoms with Crippen molar-refractivity contribution in [2.75, 3.05) is 63.0 Å². The number of carbonyl (C=O) groups excluding carboxylic acids is 1. The van der Waals surface area contributed by atoms with Crippen molar-refractivity contribution in [1.82, 2.24) is 10.4 Å². The zero-order valence-electron chi connectivity index (χ0n) is 28.9. The molecule has 4 unspecified atom stereocenters. The third kappa shape index (κ3) is 9.77. The van der Waals surface area contributed by atoms with E-state index in [2.05, 4.69) is 29.6 Å². The molecule has 0 bridgehead atoms. The van der Waals surface area contributed by atoms with Crippen LogP contribution in [0, 0.1) is 0 Å². The molecule has 0 spiro atoms. The van der Waals surface area contributed by atoms with Crippen LogP contribution in [0.3, 0.4) is 0 Å². The highest BCUT2D eigenvalue weighted by atomic mass is 32.2. The van der Waals surface area contributed by atoms with Crippen LogP contribution in [0.5, 0.6) is 0 Å². The van der Waals surface area contributed by atoms with Crippen LogP contribution in [0.15, 0.2) is 48.5 Å². The Balaban J connectivity index is 0.948. The Labute approximate surface area is 311 Å². The van der Waals surface area contributed by atoms with Gasteiger partial charge in [0.1, 0.15) is 55.4 Å². The van der Waals surface area contributed by atoms with E-state index in [0.717, 1.165) is 23.0 Å². The second-order valence-corrected chi connectivity index (χ2v) is 15.1. The molecule has 0 aromatic heterocycles. The molecule has 290 valence electrons. The molecule has 52 heavy (non-hydrogen) atoms. The van der Waals surface area contributed by atoms with Gasteiger partial charge in [-0.25, -0.2) is 4.79 Å². The van der Waals surface area contributed by atoms with Crippen LogP contribution in [0.2, 0.25) is 0 Å². The summed E-state index contributed by atoms with van der Waals surface area (Å²) in [6.45, 7) is -0.196. The van der Waals surface area contributed by atoms with Gasteiger partial charge in [-0.15, -0.1) is 0 Å². The molecule has 10 atom stereocenters. The maximum Gasteiger partial charge on any atom is 0.407 e. The first-order valence-corrected chi connectivity index (χ1v) is 19.6. The number of nitrogens with one attached hydrogen (secondary N) is 1. The maximum absolute atomic E-state index is 12.4. The topological polar surface area (TPSA) is 220 Å². The quantitative estimate of drug-likeness (QED) is 0.0731. The second kappa shape index (κ2) is 20.0. The highest BCUT2D eigenvalue weighted by Crippen LogP contribution is 2.44. The number of fused-ring (bicyclic) bond motifs is 3. The lowest BCUT2D eigenvalue weighted by molar-refractivity contribution is -0.366. The largest absolute Gasteiger partial charge is 0.449 e. The van der Waals surface area contributed by atoms with E-state index in [1.54, 1.807) is 23.5 Å². The van der Waals surface area contributed by atoms with Gasteiger partial charge in [0.15, 0.2) is 12.5 Å². The Morgan fingerprint density at radius 1 is 0.788 bits per heavy atom. The number of hydrogen-bond acceptors (Lipinski definition) is 16. The van der Waals surface area contributed by atoms with Crippen molar-refractivity contribution in [3.05, 3.63) is 59.7 Å². The SMILES string of the molecule is CON(CCCSCCSCCNC(=O)OCC1c2ccccc2-c2ccccc21)[C@@H]1OC(CO)[C@@H](O[C@@H]2OC(CO)[C@H](O)[C@H](O)C2O)[C@H](O)C1O. The van der Waals surface area contributed by atoms with E-state index in [1.807, 2.05) is 24.3 Å². The van der Waals surface area contributed by atoms with Crippen LogP contribution < -0.4 is 5.32 Å². The van der Waals surface area contributed by atoms with Gasteiger partial charge in [0, 0.05) is 36.3 Å². The van der Waals surface area contributed by atoms with E-state index in [0.29, 0.717) is 19.5 Å². The lowest BCUT2D eigenvalue weighted by atomic mass is 9.96. The first kappa shape index (κ1) is 41.1. The van der Waals surface area contributed by atoms with Crippen LogP contribution in [0.1, 0.15) is 23.5 Å². The van der Waals surface area contributed by atoms with Crippen LogP contribution >= 0.6 is 23.5 Å². The Bertz CT molecular complexity index is 1360. The summed E-state index contributed by atoms with van der Waals surface area (Å²) >= 11 is 3.46. The Kier molecular flexibility index (Phi) is 15.8. The van der Waals surface area contributed by atoms with E-state index in [9.17, 15) is 40.5 Å². The summed E-state index contributed by atoms with van der Waals surface area (Å²) in [5, 5.41) is 75.9. The summed E-state index contributed by atoms with van der Waals surface area (Å²) in [6.07, 6.45) is -14.6. The summed E-state index contributed by atoms with van der Waals surface area (Å²) in [5.41, 5.74) is 4.71. The fraction of sp³-hybridized carbons (Fsp3) is 0.629. The molecule has 2 aliphatic heterocycles. The van der Waals surface area contributed by atoms with Crippen molar-refractivity contribution in [3.63, 3.8) is 0 Å². The van der Waals surface area contributed by atoms with Crippen molar-refractivity contribution in [3.8, 4) is 11.1 Å². The highest BCUT2D eigenvalue weighted by molar-refractivity contribution is 8.02. The molecule has 0 saturated carbocycles. The predicted octanol–water partition coefficient (Wildman–Crippen LogP) is -0.131. The molecule has 15 nitrogen and oxygen atoms in total. The summed E-state index contributed by atoms with van der Waals surface area (Å²) in [6, 6.07) is 16.4. The fourth-order valence-electron chi connectivity index (χ4n) is 6.65. The fourth-order valence-corrected chi connectivity index (χ4v) is 8.58. The van der Waals surface area contributed by atoms with Gasteiger partial charge in [-0.1, -0.05) is 48.5 Å². The standard InChI is InChI=1S/C35H50N2O13S2/c1-46-37(33-30(43)29(42)32(26(18-39)48-33)50-34-31(44)28(41)27(40)25(17-38)49-34)12-6-13-51-15-16-52-14-11-36-35(45)47-19-24-22-9-4-2-7-20(22)21-8-3-5-10-23(21)24/h2-5,7-10,24-34,38-44H,6,11-19H2,1H3,(H,36,45)/t25?,26?,27-,28-,29+,30?,31?,32+,33+,34-/m0/s1. The van der Waals surface area contributed by atoms with Crippen LogP contribution in [-0.4, -0.2) is 171 Å². The molecule has 2 heterocycles. The number of carbonyl (C=O) groups is 1. The summed E-state index contributed by atoms with van der Waals surface area (Å²) in [5.74, 6) is 3.30. The van der Waals surface area contributed by atoms with Gasteiger partial charge in [-0.3, -0.25) is 4.84 Å². The molecule has 2 aromatic rings. The number of alkyl carbamates (subject to hydrolysis) is 1. The molecule has 2 aromatic carbocycles. The van der Waals surface area contributed by atoms with Gasteiger partial charge in [0.2, 0.25) is 0 Å². The lowest BCUT2D eigenvalue weighted by Gasteiger charge is -2.47. The third-order valence-electron chi connectivity index (χ3n) is 9.40. The summed E-state index contributed by atoms with van der Waals surface area (Å²) in [4.78, 5) is 17.8. The molecule has 5 rings (SSSR count). The second-order valence-electron chi connectivity index (χ2n) is 12.7. The van der Waals surface area contributed by atoms with E-state index >= 15 is 0 Å². The zero-order chi connectivity index (χ0) is 37.2. The van der Waals surface area contributed by atoms with E-state index < -0.39 is 80.7 Å². The number of hydroxylamine groups is 2. The molecule has 2 saturated heterocycles. The molecular formula is C35H50N2O13S2. The molecule has 1 aliphatic carbocycles. The molecule has 8 N–H and O–H groups in total. The Hall–Kier alpha value is -2.07. The number of ether oxygens (including phenoxy) is 4.